The second-order valence-corrected chi connectivity index (χ2v) is 7.05. The van der Waals surface area contributed by atoms with Crippen molar-refractivity contribution in [1.29, 1.82) is 0 Å². The van der Waals surface area contributed by atoms with E-state index in [1.54, 1.807) is 18.4 Å². The zero-order chi connectivity index (χ0) is 19.7. The summed E-state index contributed by atoms with van der Waals surface area (Å²) in [7, 11) is 0. The van der Waals surface area contributed by atoms with Gasteiger partial charge in [-0.1, -0.05) is 12.2 Å². The summed E-state index contributed by atoms with van der Waals surface area (Å²) in [6, 6.07) is -0.850. The molecule has 3 rings (SSSR count). The van der Waals surface area contributed by atoms with Crippen molar-refractivity contribution in [2.75, 3.05) is 6.61 Å². The molecule has 1 aliphatic heterocycles. The number of carbonyl (C=O) groups excluding carboxylic acids is 3. The Morgan fingerprint density at radius 3 is 2.48 bits per heavy atom. The molecular weight excluding hydrogens is 352 g/mol. The Kier molecular flexibility index (Phi) is 5.31. The Bertz CT molecular complexity index is 793. The van der Waals surface area contributed by atoms with Crippen LogP contribution in [0.3, 0.4) is 0 Å². The van der Waals surface area contributed by atoms with Gasteiger partial charge in [0.1, 0.15) is 23.9 Å². The smallest absolute Gasteiger partial charge is 0.328 e. The molecule has 146 valence electrons. The lowest BCUT2D eigenvalue weighted by Gasteiger charge is -2.33. The molecule has 2 aliphatic rings. The summed E-state index contributed by atoms with van der Waals surface area (Å²) in [5.74, 6) is -3.13. The normalized spacial score (nSPS) is 21.9. The highest BCUT2D eigenvalue weighted by Crippen LogP contribution is 2.39. The van der Waals surface area contributed by atoms with E-state index in [2.05, 4.69) is 10.6 Å². The summed E-state index contributed by atoms with van der Waals surface area (Å²) in [5.41, 5.74) is 1.14. The van der Waals surface area contributed by atoms with Crippen LogP contribution in [-0.4, -0.2) is 34.1 Å². The molecule has 3 N–H and O–H groups in total. The largest absolute Gasteiger partial charge is 0.711 e. The number of imidazole rings is 1. The van der Waals surface area contributed by atoms with Gasteiger partial charge in [-0.2, -0.15) is 0 Å². The summed E-state index contributed by atoms with van der Waals surface area (Å²) in [6.45, 7) is 3.44. The number of nitrogens with zero attached hydrogens (tertiary/aromatic N) is 2. The number of aliphatic hydroxyl groups is 1. The minimum atomic E-state index is -1.19. The lowest BCUT2D eigenvalue weighted by molar-refractivity contribution is -0.622. The molecule has 4 amide bonds. The number of aromatic nitrogens is 2. The van der Waals surface area contributed by atoms with Crippen LogP contribution in [-0.2, 0) is 16.1 Å². The summed E-state index contributed by atoms with van der Waals surface area (Å²) in [6.07, 6.45) is 6.14. The van der Waals surface area contributed by atoms with Gasteiger partial charge in [-0.25, -0.2) is 14.1 Å². The second kappa shape index (κ2) is 7.51. The van der Waals surface area contributed by atoms with Crippen molar-refractivity contribution >= 4 is 17.8 Å². The van der Waals surface area contributed by atoms with E-state index >= 15 is 0 Å². The second-order valence-electron chi connectivity index (χ2n) is 7.05. The first-order valence-corrected chi connectivity index (χ1v) is 9.07. The Morgan fingerprint density at radius 1 is 1.26 bits per heavy atom. The summed E-state index contributed by atoms with van der Waals surface area (Å²) < 4.78 is 2.44. The first kappa shape index (κ1) is 19.1. The number of rotatable bonds is 5. The van der Waals surface area contributed by atoms with E-state index in [4.69, 9.17) is 0 Å². The van der Waals surface area contributed by atoms with E-state index in [1.807, 2.05) is 12.2 Å². The highest BCUT2D eigenvalue weighted by atomic mass is 16.5. The third-order valence-electron chi connectivity index (χ3n) is 5.55. The van der Waals surface area contributed by atoms with Gasteiger partial charge in [-0.3, -0.25) is 20.2 Å². The standard InChI is InChI=1S/C18H24N4O5/c1-10-11(2)22(27)17(21(10)8-9-23)13(12-6-4-3-5-7-12)14-15(24)19-18(26)20-16(14)25/h3-4,12-14,23H,5-9H2,1-2H3,(H2,19,20,24,25,26)/t12-,13-/m0/s1. The molecule has 1 aromatic heterocycles. The fraction of sp³-hybridized carbons (Fsp3) is 0.556. The zero-order valence-electron chi connectivity index (χ0n) is 15.4. The highest BCUT2D eigenvalue weighted by molar-refractivity contribution is 6.16. The molecule has 2 atom stereocenters. The molecule has 27 heavy (non-hydrogen) atoms. The molecule has 0 unspecified atom stereocenters. The molecule has 9 nitrogen and oxygen atoms in total. The van der Waals surface area contributed by atoms with E-state index < -0.39 is 29.7 Å². The van der Waals surface area contributed by atoms with Gasteiger partial charge in [0.2, 0.25) is 11.8 Å². The van der Waals surface area contributed by atoms with Crippen molar-refractivity contribution in [2.24, 2.45) is 11.8 Å². The van der Waals surface area contributed by atoms with Crippen LogP contribution >= 0.6 is 0 Å². The predicted octanol–water partition coefficient (Wildman–Crippen LogP) is 0.153. The average molecular weight is 376 g/mol. The number of hydrogen-bond donors (Lipinski definition) is 3. The van der Waals surface area contributed by atoms with E-state index in [0.717, 1.165) is 11.2 Å². The van der Waals surface area contributed by atoms with Gasteiger partial charge < -0.3 is 10.3 Å². The van der Waals surface area contributed by atoms with Gasteiger partial charge in [0.05, 0.1) is 12.5 Å². The van der Waals surface area contributed by atoms with Crippen molar-refractivity contribution in [2.45, 2.75) is 45.6 Å². The molecule has 0 aromatic carbocycles. The van der Waals surface area contributed by atoms with E-state index in [0.29, 0.717) is 24.2 Å². The van der Waals surface area contributed by atoms with Gasteiger partial charge in [0.15, 0.2) is 0 Å². The number of carbonyl (C=O) groups is 3. The Balaban J connectivity index is 2.15. The van der Waals surface area contributed by atoms with Crippen molar-refractivity contribution < 1.29 is 24.2 Å². The third kappa shape index (κ3) is 3.34. The van der Waals surface area contributed by atoms with Crippen LogP contribution < -0.4 is 15.4 Å². The van der Waals surface area contributed by atoms with Crippen LogP contribution in [0, 0.1) is 30.9 Å². The SMILES string of the molecule is Cc1c(C)[n+]([O-])c([C@H](C2C(=O)NC(=O)NC2=O)[C@H]2CC=CCC2)n1CCO. The number of aliphatic hydroxyl groups excluding tert-OH is 1. The molecule has 0 bridgehead atoms. The van der Waals surface area contributed by atoms with Crippen LogP contribution in [0.5, 0.6) is 0 Å². The Labute approximate surface area is 156 Å². The number of urea groups is 1. The Morgan fingerprint density at radius 2 is 1.93 bits per heavy atom. The fourth-order valence-corrected chi connectivity index (χ4v) is 4.12. The van der Waals surface area contributed by atoms with Gasteiger partial charge in [-0.05, 0) is 25.2 Å². The highest BCUT2D eigenvalue weighted by Gasteiger charge is 2.49. The van der Waals surface area contributed by atoms with E-state index in [9.17, 15) is 24.7 Å². The molecule has 0 saturated carbocycles. The van der Waals surface area contributed by atoms with Crippen molar-refractivity contribution in [3.05, 3.63) is 34.6 Å². The monoisotopic (exact) mass is 376 g/mol. The van der Waals surface area contributed by atoms with Crippen molar-refractivity contribution in [3.63, 3.8) is 0 Å². The number of nitrogens with one attached hydrogen (secondary N) is 2. The van der Waals surface area contributed by atoms with Crippen molar-refractivity contribution in [3.8, 4) is 0 Å². The average Bonchev–Trinajstić information content (AvgIpc) is 2.83. The molecule has 9 heteroatoms. The van der Waals surface area contributed by atoms with Gasteiger partial charge >= 0.3 is 6.03 Å². The van der Waals surface area contributed by atoms with E-state index in [-0.39, 0.29) is 24.9 Å². The molecule has 1 aromatic rings. The van der Waals surface area contributed by atoms with Crippen LogP contribution in [0.4, 0.5) is 4.79 Å². The first-order chi connectivity index (χ1) is 12.9. The molecule has 0 radical (unpaired) electrons. The first-order valence-electron chi connectivity index (χ1n) is 9.07. The predicted molar refractivity (Wildman–Crippen MR) is 94.3 cm³/mol. The maximum absolute atomic E-state index is 13.0. The van der Waals surface area contributed by atoms with Gasteiger partial charge in [0.25, 0.3) is 5.82 Å². The lowest BCUT2D eigenvalue weighted by atomic mass is 9.74. The number of allylic oxidation sites excluding steroid dienone is 2. The molecule has 0 spiro atoms. The van der Waals surface area contributed by atoms with Crippen LogP contribution in [0.15, 0.2) is 12.2 Å². The molecule has 1 aliphatic carbocycles. The van der Waals surface area contributed by atoms with Crippen LogP contribution in [0.2, 0.25) is 0 Å². The topological polar surface area (TPSA) is 127 Å². The lowest BCUT2D eigenvalue weighted by Crippen LogP contribution is -2.59. The van der Waals surface area contributed by atoms with E-state index in [1.165, 1.54) is 0 Å². The number of hydrogen-bond acceptors (Lipinski definition) is 5. The maximum atomic E-state index is 13.0. The number of amides is 4. The zero-order valence-corrected chi connectivity index (χ0v) is 15.4. The third-order valence-corrected chi connectivity index (χ3v) is 5.55. The van der Waals surface area contributed by atoms with Crippen molar-refractivity contribution in [1.82, 2.24) is 15.2 Å². The number of imide groups is 2. The molecule has 2 heterocycles. The van der Waals surface area contributed by atoms with Gasteiger partial charge in [0, 0.05) is 13.8 Å². The Hall–Kier alpha value is -2.68. The maximum Gasteiger partial charge on any atom is 0.328 e. The summed E-state index contributed by atoms with van der Waals surface area (Å²) in [5, 5.41) is 26.7. The molecule has 1 fully saturated rings. The minimum Gasteiger partial charge on any atom is -0.711 e. The summed E-state index contributed by atoms with van der Waals surface area (Å²) in [4.78, 5) is 36.6. The fourth-order valence-electron chi connectivity index (χ4n) is 4.12. The van der Waals surface area contributed by atoms with Crippen LogP contribution in [0.1, 0.15) is 42.4 Å². The molecular formula is C18H24N4O5. The minimum absolute atomic E-state index is 0.115. The molecule has 1 saturated heterocycles. The van der Waals surface area contributed by atoms with Crippen LogP contribution in [0.25, 0.3) is 0 Å². The number of barbiturate groups is 1. The quantitative estimate of drug-likeness (QED) is 0.292. The summed E-state index contributed by atoms with van der Waals surface area (Å²) >= 11 is 0. The van der Waals surface area contributed by atoms with Gasteiger partial charge in [-0.15, -0.1) is 0 Å².